The third kappa shape index (κ3) is 3.34. The Morgan fingerprint density at radius 1 is 1.42 bits per heavy atom. The number of esters is 1. The van der Waals surface area contributed by atoms with Crippen LogP contribution in [0, 0.1) is 0 Å². The largest absolute Gasteiger partial charge is 0.463 e. The van der Waals surface area contributed by atoms with Crippen LogP contribution < -0.4 is 0 Å². The van der Waals surface area contributed by atoms with E-state index < -0.39 is 0 Å². The fourth-order valence-corrected chi connectivity index (χ4v) is 2.49. The molecule has 0 saturated carbocycles. The average molecular weight is 256 g/mol. The second-order valence-corrected chi connectivity index (χ2v) is 4.83. The van der Waals surface area contributed by atoms with Gasteiger partial charge in [0.15, 0.2) is 0 Å². The molecular weight excluding hydrogens is 236 g/mol. The summed E-state index contributed by atoms with van der Waals surface area (Å²) >= 11 is 0. The van der Waals surface area contributed by atoms with E-state index in [1.807, 2.05) is 13.0 Å². The lowest BCUT2D eigenvalue weighted by atomic mass is 9.81. The highest BCUT2D eigenvalue weighted by Gasteiger charge is 2.18. The van der Waals surface area contributed by atoms with E-state index >= 15 is 0 Å². The van der Waals surface area contributed by atoms with Crippen molar-refractivity contribution in [1.82, 2.24) is 0 Å². The van der Waals surface area contributed by atoms with E-state index in [-0.39, 0.29) is 5.97 Å². The molecule has 0 aliphatic heterocycles. The van der Waals surface area contributed by atoms with Gasteiger partial charge in [-0.3, -0.25) is 0 Å². The zero-order valence-corrected chi connectivity index (χ0v) is 11.6. The predicted octanol–water partition coefficient (Wildman–Crippen LogP) is 4.09. The number of benzene rings is 1. The summed E-state index contributed by atoms with van der Waals surface area (Å²) in [6, 6.07) is 8.52. The summed E-state index contributed by atoms with van der Waals surface area (Å²) < 4.78 is 4.86. The highest BCUT2D eigenvalue weighted by Crippen LogP contribution is 2.37. The van der Waals surface area contributed by atoms with Crippen molar-refractivity contribution >= 4 is 11.5 Å². The smallest absolute Gasteiger partial charge is 0.330 e. The number of rotatable bonds is 3. The molecule has 1 aromatic rings. The molecule has 1 atom stereocenters. The highest BCUT2D eigenvalue weighted by atomic mass is 16.5. The predicted molar refractivity (Wildman–Crippen MR) is 77.8 cm³/mol. The molecule has 0 aromatic heterocycles. The van der Waals surface area contributed by atoms with E-state index in [1.54, 1.807) is 6.08 Å². The second kappa shape index (κ2) is 6.37. The molecule has 2 nitrogen and oxygen atoms in total. The Bertz CT molecular complexity index is 512. The molecule has 0 fully saturated rings. The van der Waals surface area contributed by atoms with Crippen LogP contribution in [-0.4, -0.2) is 12.6 Å². The Morgan fingerprint density at radius 3 is 3.00 bits per heavy atom. The molecule has 100 valence electrons. The SMILES string of the molecule is CCOC(=O)C=CC=C1CCC(C)c2ccccc21. The maximum Gasteiger partial charge on any atom is 0.330 e. The maximum atomic E-state index is 11.2. The van der Waals surface area contributed by atoms with Gasteiger partial charge in [-0.1, -0.05) is 43.3 Å². The van der Waals surface area contributed by atoms with Gasteiger partial charge in [0, 0.05) is 6.08 Å². The van der Waals surface area contributed by atoms with Crippen molar-refractivity contribution in [2.24, 2.45) is 0 Å². The van der Waals surface area contributed by atoms with Crippen molar-refractivity contribution in [2.75, 3.05) is 6.61 Å². The topological polar surface area (TPSA) is 26.3 Å². The van der Waals surface area contributed by atoms with Gasteiger partial charge in [0.2, 0.25) is 0 Å². The van der Waals surface area contributed by atoms with Crippen molar-refractivity contribution in [3.8, 4) is 0 Å². The number of hydrogen-bond donors (Lipinski definition) is 0. The molecule has 0 saturated heterocycles. The van der Waals surface area contributed by atoms with E-state index in [0.29, 0.717) is 12.5 Å². The molecule has 1 aromatic carbocycles. The lowest BCUT2D eigenvalue weighted by molar-refractivity contribution is -0.137. The van der Waals surface area contributed by atoms with Crippen LogP contribution in [-0.2, 0) is 9.53 Å². The summed E-state index contributed by atoms with van der Waals surface area (Å²) in [7, 11) is 0. The van der Waals surface area contributed by atoms with E-state index in [0.717, 1.165) is 12.8 Å². The van der Waals surface area contributed by atoms with Crippen molar-refractivity contribution in [2.45, 2.75) is 32.6 Å². The Morgan fingerprint density at radius 2 is 2.21 bits per heavy atom. The fourth-order valence-electron chi connectivity index (χ4n) is 2.49. The fraction of sp³-hybridized carbons (Fsp3) is 0.353. The number of ether oxygens (including phenoxy) is 1. The van der Waals surface area contributed by atoms with Crippen molar-refractivity contribution in [3.63, 3.8) is 0 Å². The van der Waals surface area contributed by atoms with Gasteiger partial charge in [-0.25, -0.2) is 4.79 Å². The molecule has 0 N–H and O–H groups in total. The van der Waals surface area contributed by atoms with Gasteiger partial charge in [0.05, 0.1) is 6.61 Å². The minimum Gasteiger partial charge on any atom is -0.463 e. The van der Waals surface area contributed by atoms with Gasteiger partial charge in [0.1, 0.15) is 0 Å². The van der Waals surface area contributed by atoms with E-state index in [4.69, 9.17) is 4.74 Å². The van der Waals surface area contributed by atoms with Crippen LogP contribution in [0.4, 0.5) is 0 Å². The molecule has 0 heterocycles. The van der Waals surface area contributed by atoms with Gasteiger partial charge in [-0.2, -0.15) is 0 Å². The molecule has 0 bridgehead atoms. The summed E-state index contributed by atoms with van der Waals surface area (Å²) in [6.45, 7) is 4.49. The lowest BCUT2D eigenvalue weighted by Crippen LogP contribution is -2.05. The monoisotopic (exact) mass is 256 g/mol. The van der Waals surface area contributed by atoms with Crippen LogP contribution >= 0.6 is 0 Å². The quantitative estimate of drug-likeness (QED) is 0.601. The first-order chi connectivity index (χ1) is 9.22. The van der Waals surface area contributed by atoms with Gasteiger partial charge < -0.3 is 4.74 Å². The summed E-state index contributed by atoms with van der Waals surface area (Å²) in [5.74, 6) is 0.333. The second-order valence-electron chi connectivity index (χ2n) is 4.83. The van der Waals surface area contributed by atoms with E-state index in [2.05, 4.69) is 31.2 Å². The minimum atomic E-state index is -0.281. The number of fused-ring (bicyclic) bond motifs is 1. The van der Waals surface area contributed by atoms with Gasteiger partial charge >= 0.3 is 5.97 Å². The number of carbonyl (C=O) groups excluding carboxylic acids is 1. The standard InChI is InChI=1S/C17H20O2/c1-3-19-17(18)10-6-7-14-12-11-13(2)15-8-4-5-9-16(14)15/h4-10,13H,3,11-12H2,1-2H3. The Labute approximate surface area is 114 Å². The van der Waals surface area contributed by atoms with Crippen molar-refractivity contribution < 1.29 is 9.53 Å². The molecule has 0 spiro atoms. The molecule has 1 aliphatic carbocycles. The van der Waals surface area contributed by atoms with Crippen LogP contribution in [0.1, 0.15) is 43.7 Å². The highest BCUT2D eigenvalue weighted by molar-refractivity contribution is 5.83. The molecule has 2 rings (SSSR count). The van der Waals surface area contributed by atoms with E-state index in [1.165, 1.54) is 22.8 Å². The van der Waals surface area contributed by atoms with Gasteiger partial charge in [0.25, 0.3) is 0 Å². The molecule has 2 heteroatoms. The van der Waals surface area contributed by atoms with Gasteiger partial charge in [-0.05, 0) is 42.4 Å². The molecular formula is C17H20O2. The Hall–Kier alpha value is -1.83. The Kier molecular flexibility index (Phi) is 4.56. The van der Waals surface area contributed by atoms with Crippen molar-refractivity contribution in [1.29, 1.82) is 0 Å². The van der Waals surface area contributed by atoms with E-state index in [9.17, 15) is 4.79 Å². The summed E-state index contributed by atoms with van der Waals surface area (Å²) in [6.07, 6.45) is 7.53. The zero-order chi connectivity index (χ0) is 13.7. The maximum absolute atomic E-state index is 11.2. The molecule has 1 aliphatic rings. The molecule has 0 amide bonds. The van der Waals surface area contributed by atoms with Crippen LogP contribution in [0.15, 0.2) is 42.5 Å². The Balaban J connectivity index is 2.18. The summed E-state index contributed by atoms with van der Waals surface area (Å²) in [4.78, 5) is 11.2. The molecule has 0 radical (unpaired) electrons. The van der Waals surface area contributed by atoms with Crippen LogP contribution in [0.5, 0.6) is 0 Å². The number of allylic oxidation sites excluding steroid dienone is 3. The first-order valence-corrected chi connectivity index (χ1v) is 6.85. The van der Waals surface area contributed by atoms with Gasteiger partial charge in [-0.15, -0.1) is 0 Å². The van der Waals surface area contributed by atoms with Crippen molar-refractivity contribution in [3.05, 3.63) is 53.6 Å². The average Bonchev–Trinajstić information content (AvgIpc) is 2.42. The third-order valence-corrected chi connectivity index (χ3v) is 3.50. The number of carbonyl (C=O) groups is 1. The van der Waals surface area contributed by atoms with Crippen LogP contribution in [0.3, 0.4) is 0 Å². The van der Waals surface area contributed by atoms with Crippen LogP contribution in [0.2, 0.25) is 0 Å². The normalized spacial score (nSPS) is 20.5. The summed E-state index contributed by atoms with van der Waals surface area (Å²) in [5, 5.41) is 0. The minimum absolute atomic E-state index is 0.281. The number of hydrogen-bond acceptors (Lipinski definition) is 2. The zero-order valence-electron chi connectivity index (χ0n) is 11.6. The third-order valence-electron chi connectivity index (χ3n) is 3.50. The lowest BCUT2D eigenvalue weighted by Gasteiger charge is -2.24. The first-order valence-electron chi connectivity index (χ1n) is 6.85. The first kappa shape index (κ1) is 13.6. The summed E-state index contributed by atoms with van der Waals surface area (Å²) in [5.41, 5.74) is 4.02. The van der Waals surface area contributed by atoms with Crippen LogP contribution in [0.25, 0.3) is 5.57 Å². The molecule has 1 unspecified atom stereocenters. The molecule has 19 heavy (non-hydrogen) atoms.